The van der Waals surface area contributed by atoms with Gasteiger partial charge in [0.1, 0.15) is 0 Å². The third-order valence-corrected chi connectivity index (χ3v) is 4.55. The van der Waals surface area contributed by atoms with Crippen molar-refractivity contribution in [3.05, 3.63) is 0 Å². The molecule has 0 aromatic carbocycles. The van der Waals surface area contributed by atoms with E-state index < -0.39 is 16.2 Å². The maximum Gasteiger partial charge on any atom is 0.304 e. The first-order chi connectivity index (χ1) is 8.92. The van der Waals surface area contributed by atoms with Gasteiger partial charge in [0.15, 0.2) is 0 Å². The first-order valence-electron chi connectivity index (χ1n) is 6.27. The lowest BCUT2D eigenvalue weighted by molar-refractivity contribution is -0.137. The lowest BCUT2D eigenvalue weighted by Gasteiger charge is -2.27. The first-order valence-corrected chi connectivity index (χ1v) is 7.71. The highest BCUT2D eigenvalue weighted by Crippen LogP contribution is 1.96. The molecule has 3 N–H and O–H groups in total. The fraction of sp³-hybridized carbons (Fsp3) is 0.900. The Bertz CT molecular complexity index is 381. The van der Waals surface area contributed by atoms with Crippen molar-refractivity contribution in [3.63, 3.8) is 0 Å². The predicted octanol–water partition coefficient (Wildman–Crippen LogP) is -1.87. The second-order valence-corrected chi connectivity index (χ2v) is 6.32. The summed E-state index contributed by atoms with van der Waals surface area (Å²) in [4.78, 5) is 12.6. The Labute approximate surface area is 113 Å². The van der Waals surface area contributed by atoms with Crippen LogP contribution in [0.1, 0.15) is 6.42 Å². The van der Waals surface area contributed by atoms with Crippen LogP contribution in [-0.4, -0.2) is 81.6 Å². The molecule has 0 saturated carbocycles. The van der Waals surface area contributed by atoms with Crippen molar-refractivity contribution in [2.24, 2.45) is 0 Å². The van der Waals surface area contributed by atoms with Crippen molar-refractivity contribution >= 4 is 16.2 Å². The van der Waals surface area contributed by atoms with E-state index in [0.717, 1.165) is 30.5 Å². The molecule has 0 bridgehead atoms. The van der Waals surface area contributed by atoms with Crippen molar-refractivity contribution in [3.8, 4) is 0 Å². The van der Waals surface area contributed by atoms with Crippen LogP contribution in [0.3, 0.4) is 0 Å². The number of hydrogen-bond donors (Lipinski definition) is 3. The summed E-state index contributed by atoms with van der Waals surface area (Å²) >= 11 is 0. The molecule has 9 heteroatoms. The van der Waals surface area contributed by atoms with Crippen molar-refractivity contribution in [1.29, 1.82) is 0 Å². The minimum absolute atomic E-state index is 0.0295. The largest absolute Gasteiger partial charge is 0.481 e. The van der Waals surface area contributed by atoms with Crippen LogP contribution in [0.25, 0.3) is 0 Å². The Morgan fingerprint density at radius 2 is 2.05 bits per heavy atom. The van der Waals surface area contributed by atoms with Crippen LogP contribution in [-0.2, 0) is 15.0 Å². The van der Waals surface area contributed by atoms with Gasteiger partial charge < -0.3 is 10.4 Å². The quantitative estimate of drug-likeness (QED) is 0.485. The molecule has 1 heterocycles. The summed E-state index contributed by atoms with van der Waals surface area (Å²) in [5.41, 5.74) is 0. The van der Waals surface area contributed by atoms with Crippen LogP contribution >= 0.6 is 0 Å². The van der Waals surface area contributed by atoms with Gasteiger partial charge in [0, 0.05) is 52.9 Å². The molecule has 0 unspecified atom stereocenters. The molecule has 1 saturated heterocycles. The number of nitrogens with zero attached hydrogens (tertiary/aromatic N) is 2. The number of nitrogens with one attached hydrogen (secondary N) is 2. The summed E-state index contributed by atoms with van der Waals surface area (Å²) in [5.74, 6) is -1.01. The molecule has 0 amide bonds. The summed E-state index contributed by atoms with van der Waals surface area (Å²) in [6, 6.07) is 0. The Morgan fingerprint density at radius 1 is 1.42 bits per heavy atom. The molecule has 112 valence electrons. The van der Waals surface area contributed by atoms with Crippen LogP contribution in [0, 0.1) is 0 Å². The van der Waals surface area contributed by atoms with Gasteiger partial charge >= 0.3 is 5.97 Å². The SMILES string of the molecule is CN(CCC(=O)O)S(=O)(=O)NCCN1CCNCC1. The molecule has 1 rings (SSSR count). The molecule has 0 aromatic rings. The molecule has 0 spiro atoms. The molecular formula is C10H22N4O4S. The van der Waals surface area contributed by atoms with E-state index in [0.29, 0.717) is 13.1 Å². The summed E-state index contributed by atoms with van der Waals surface area (Å²) < 4.78 is 27.1. The zero-order chi connectivity index (χ0) is 14.3. The average Bonchev–Trinajstić information content (AvgIpc) is 2.36. The van der Waals surface area contributed by atoms with Crippen molar-refractivity contribution < 1.29 is 18.3 Å². The highest BCUT2D eigenvalue weighted by Gasteiger charge is 2.18. The number of rotatable bonds is 8. The second kappa shape index (κ2) is 7.75. The van der Waals surface area contributed by atoms with Crippen molar-refractivity contribution in [1.82, 2.24) is 19.2 Å². The number of piperazine rings is 1. The van der Waals surface area contributed by atoms with Crippen molar-refractivity contribution in [2.45, 2.75) is 6.42 Å². The van der Waals surface area contributed by atoms with E-state index in [1.165, 1.54) is 7.05 Å². The Morgan fingerprint density at radius 3 is 2.63 bits per heavy atom. The van der Waals surface area contributed by atoms with Crippen molar-refractivity contribution in [2.75, 3.05) is 52.9 Å². The summed E-state index contributed by atoms with van der Waals surface area (Å²) in [6.07, 6.45) is -0.199. The fourth-order valence-electron chi connectivity index (χ4n) is 1.75. The molecular weight excluding hydrogens is 272 g/mol. The Hall–Kier alpha value is -0.740. The maximum atomic E-state index is 11.8. The summed E-state index contributed by atoms with van der Waals surface area (Å²) in [6.45, 7) is 4.63. The minimum atomic E-state index is -3.58. The van der Waals surface area contributed by atoms with Gasteiger partial charge in [-0.05, 0) is 0 Å². The molecule has 0 atom stereocenters. The van der Waals surface area contributed by atoms with Crippen LogP contribution in [0.5, 0.6) is 0 Å². The first kappa shape index (κ1) is 16.3. The van der Waals surface area contributed by atoms with Crippen LogP contribution < -0.4 is 10.0 Å². The van der Waals surface area contributed by atoms with Gasteiger partial charge in [-0.15, -0.1) is 0 Å². The van der Waals surface area contributed by atoms with E-state index in [9.17, 15) is 13.2 Å². The molecule has 1 aliphatic rings. The number of hydrogen-bond acceptors (Lipinski definition) is 5. The zero-order valence-electron chi connectivity index (χ0n) is 11.1. The molecule has 1 fully saturated rings. The molecule has 8 nitrogen and oxygen atoms in total. The topological polar surface area (TPSA) is 102 Å². The van der Waals surface area contributed by atoms with E-state index in [-0.39, 0.29) is 13.0 Å². The lowest BCUT2D eigenvalue weighted by atomic mass is 10.3. The highest BCUT2D eigenvalue weighted by atomic mass is 32.2. The maximum absolute atomic E-state index is 11.8. The highest BCUT2D eigenvalue weighted by molar-refractivity contribution is 7.87. The van der Waals surface area contributed by atoms with Gasteiger partial charge in [-0.1, -0.05) is 0 Å². The predicted molar refractivity (Wildman–Crippen MR) is 71.1 cm³/mol. The van der Waals surface area contributed by atoms with Gasteiger partial charge in [0.2, 0.25) is 0 Å². The van der Waals surface area contributed by atoms with E-state index in [1.54, 1.807) is 0 Å². The fourth-order valence-corrected chi connectivity index (χ4v) is 2.65. The molecule has 19 heavy (non-hydrogen) atoms. The summed E-state index contributed by atoms with van der Waals surface area (Å²) in [7, 11) is -2.21. The van der Waals surface area contributed by atoms with E-state index in [1.807, 2.05) is 0 Å². The lowest BCUT2D eigenvalue weighted by Crippen LogP contribution is -2.47. The standard InChI is InChI=1S/C10H22N4O4S/c1-13(6-2-10(15)16)19(17,18)12-5-9-14-7-3-11-4-8-14/h11-12H,2-9H2,1H3,(H,15,16). The Balaban J connectivity index is 2.27. The number of carbonyl (C=O) groups is 1. The molecule has 0 radical (unpaired) electrons. The van der Waals surface area contributed by atoms with Gasteiger partial charge in [0.05, 0.1) is 6.42 Å². The monoisotopic (exact) mass is 294 g/mol. The van der Waals surface area contributed by atoms with E-state index in [4.69, 9.17) is 5.11 Å². The third kappa shape index (κ3) is 6.30. The Kier molecular flexibility index (Phi) is 6.66. The number of aliphatic carboxylic acids is 1. The smallest absolute Gasteiger partial charge is 0.304 e. The minimum Gasteiger partial charge on any atom is -0.481 e. The van der Waals surface area contributed by atoms with Crippen LogP contribution in [0.15, 0.2) is 0 Å². The average molecular weight is 294 g/mol. The molecule has 1 aliphatic heterocycles. The van der Waals surface area contributed by atoms with Gasteiger partial charge in [-0.25, -0.2) is 4.72 Å². The second-order valence-electron chi connectivity index (χ2n) is 4.46. The summed E-state index contributed by atoms with van der Waals surface area (Å²) in [5, 5.41) is 11.7. The van der Waals surface area contributed by atoms with E-state index in [2.05, 4.69) is 14.9 Å². The van der Waals surface area contributed by atoms with Crippen LogP contribution in [0.4, 0.5) is 0 Å². The van der Waals surface area contributed by atoms with Gasteiger partial charge in [0.25, 0.3) is 10.2 Å². The zero-order valence-corrected chi connectivity index (χ0v) is 11.9. The number of carboxylic acids is 1. The normalized spacial score (nSPS) is 17.8. The van der Waals surface area contributed by atoms with Gasteiger partial charge in [-0.2, -0.15) is 12.7 Å². The van der Waals surface area contributed by atoms with E-state index >= 15 is 0 Å². The molecule has 0 aliphatic carbocycles. The van der Waals surface area contributed by atoms with Crippen LogP contribution in [0.2, 0.25) is 0 Å². The van der Waals surface area contributed by atoms with Gasteiger partial charge in [-0.3, -0.25) is 9.69 Å². The molecule has 0 aromatic heterocycles. The number of carboxylic acid groups (broad SMARTS) is 1. The third-order valence-electron chi connectivity index (χ3n) is 2.97.